The zero-order valence-corrected chi connectivity index (χ0v) is 17.5. The van der Waals surface area contributed by atoms with Gasteiger partial charge in [0.2, 0.25) is 5.91 Å². The molecule has 0 rings (SSSR count). The van der Waals surface area contributed by atoms with E-state index in [0.717, 1.165) is 25.7 Å². The van der Waals surface area contributed by atoms with Crippen LogP contribution >= 0.6 is 0 Å². The highest BCUT2D eigenvalue weighted by molar-refractivity contribution is 5.76. The number of carbonyl (C=O) groups is 1. The maximum Gasteiger partial charge on any atom is 0.220 e. The second-order valence-corrected chi connectivity index (χ2v) is 7.58. The molecule has 0 saturated carbocycles. The summed E-state index contributed by atoms with van der Waals surface area (Å²) in [5, 5.41) is 12.1. The van der Waals surface area contributed by atoms with Crippen LogP contribution in [-0.2, 0) is 4.79 Å². The molecule has 0 aliphatic rings. The van der Waals surface area contributed by atoms with Gasteiger partial charge in [-0.3, -0.25) is 4.79 Å². The lowest BCUT2D eigenvalue weighted by Gasteiger charge is -2.19. The lowest BCUT2D eigenvalue weighted by molar-refractivity contribution is -0.122. The predicted molar refractivity (Wildman–Crippen MR) is 113 cm³/mol. The molecule has 0 aromatic carbocycles. The first kappa shape index (κ1) is 24.9. The van der Waals surface area contributed by atoms with E-state index in [1.165, 1.54) is 44.9 Å². The zero-order valence-electron chi connectivity index (χ0n) is 17.5. The molecule has 0 aliphatic carbocycles. The van der Waals surface area contributed by atoms with Crippen LogP contribution in [0.25, 0.3) is 0 Å². The Morgan fingerprint density at radius 1 is 0.885 bits per heavy atom. The Bertz CT molecular complexity index is 374. The Kier molecular flexibility index (Phi) is 17.9. The SMILES string of the molecule is CCCCCC=CCC=CCCCCCCCC(=O)NC(CO)C(C)C. The van der Waals surface area contributed by atoms with Crippen LogP contribution < -0.4 is 5.32 Å². The van der Waals surface area contributed by atoms with Crippen molar-refractivity contribution in [3.63, 3.8) is 0 Å². The molecule has 0 aromatic heterocycles. The maximum atomic E-state index is 11.8. The van der Waals surface area contributed by atoms with Crippen molar-refractivity contribution in [1.82, 2.24) is 5.32 Å². The largest absolute Gasteiger partial charge is 0.394 e. The minimum Gasteiger partial charge on any atom is -0.394 e. The van der Waals surface area contributed by atoms with Gasteiger partial charge in [0.25, 0.3) is 0 Å². The highest BCUT2D eigenvalue weighted by atomic mass is 16.3. The van der Waals surface area contributed by atoms with Crippen molar-refractivity contribution < 1.29 is 9.90 Å². The van der Waals surface area contributed by atoms with Gasteiger partial charge in [-0.15, -0.1) is 0 Å². The Balaban J connectivity index is 3.43. The van der Waals surface area contributed by atoms with Gasteiger partial charge in [-0.25, -0.2) is 0 Å². The molecule has 3 nitrogen and oxygen atoms in total. The fourth-order valence-corrected chi connectivity index (χ4v) is 2.80. The van der Waals surface area contributed by atoms with E-state index < -0.39 is 0 Å². The lowest BCUT2D eigenvalue weighted by Crippen LogP contribution is -2.41. The molecule has 3 heteroatoms. The standard InChI is InChI=1S/C23H43NO2/c1-4-5-6-7-8-9-10-11-12-13-14-15-16-17-18-19-23(26)24-22(20-25)21(2)3/h8-9,11-12,21-22,25H,4-7,10,13-20H2,1-3H3,(H,24,26). The average molecular weight is 366 g/mol. The molecule has 26 heavy (non-hydrogen) atoms. The first-order chi connectivity index (χ1) is 12.6. The first-order valence-electron chi connectivity index (χ1n) is 10.8. The van der Waals surface area contributed by atoms with Crippen molar-refractivity contribution in [2.75, 3.05) is 6.61 Å². The van der Waals surface area contributed by atoms with Gasteiger partial charge in [-0.05, 0) is 44.4 Å². The van der Waals surface area contributed by atoms with Gasteiger partial charge >= 0.3 is 0 Å². The van der Waals surface area contributed by atoms with Gasteiger partial charge in [0.05, 0.1) is 12.6 Å². The number of aliphatic hydroxyl groups excluding tert-OH is 1. The molecule has 1 amide bonds. The van der Waals surface area contributed by atoms with Crippen LogP contribution in [0.15, 0.2) is 24.3 Å². The molecule has 0 spiro atoms. The molecule has 0 fully saturated rings. The number of hydrogen-bond acceptors (Lipinski definition) is 2. The summed E-state index contributed by atoms with van der Waals surface area (Å²) in [6.45, 7) is 6.29. The average Bonchev–Trinajstić information content (AvgIpc) is 2.62. The topological polar surface area (TPSA) is 49.3 Å². The van der Waals surface area contributed by atoms with Gasteiger partial charge in [0, 0.05) is 6.42 Å². The third-order valence-electron chi connectivity index (χ3n) is 4.70. The van der Waals surface area contributed by atoms with Crippen LogP contribution in [0.2, 0.25) is 0 Å². The van der Waals surface area contributed by atoms with Crippen LogP contribution in [0, 0.1) is 5.92 Å². The number of nitrogens with one attached hydrogen (secondary N) is 1. The van der Waals surface area contributed by atoms with Gasteiger partial charge < -0.3 is 10.4 Å². The number of rotatable bonds is 17. The van der Waals surface area contributed by atoms with Gasteiger partial charge in [0.15, 0.2) is 0 Å². The molecule has 2 N–H and O–H groups in total. The highest BCUT2D eigenvalue weighted by Gasteiger charge is 2.14. The van der Waals surface area contributed by atoms with Gasteiger partial charge in [-0.2, -0.15) is 0 Å². The van der Waals surface area contributed by atoms with E-state index in [1.807, 2.05) is 13.8 Å². The summed E-state index contributed by atoms with van der Waals surface area (Å²) in [5.74, 6) is 0.344. The molecule has 0 heterocycles. The number of carbonyl (C=O) groups excluding carboxylic acids is 1. The van der Waals surface area contributed by atoms with Crippen molar-refractivity contribution in [2.45, 2.75) is 104 Å². The van der Waals surface area contributed by atoms with Crippen molar-refractivity contribution in [2.24, 2.45) is 5.92 Å². The Hall–Kier alpha value is -1.09. The summed E-state index contributed by atoms with van der Waals surface area (Å²) >= 11 is 0. The van der Waals surface area contributed by atoms with E-state index in [0.29, 0.717) is 6.42 Å². The highest BCUT2D eigenvalue weighted by Crippen LogP contribution is 2.09. The second kappa shape index (κ2) is 18.7. The smallest absolute Gasteiger partial charge is 0.220 e. The number of hydrogen-bond donors (Lipinski definition) is 2. The van der Waals surface area contributed by atoms with Crippen molar-refractivity contribution in [1.29, 1.82) is 0 Å². The molecule has 1 atom stereocenters. The number of amides is 1. The molecule has 0 saturated heterocycles. The van der Waals surface area contributed by atoms with Crippen LogP contribution in [-0.4, -0.2) is 23.7 Å². The van der Waals surface area contributed by atoms with E-state index in [2.05, 4.69) is 36.5 Å². The zero-order chi connectivity index (χ0) is 19.5. The Morgan fingerprint density at radius 3 is 2.04 bits per heavy atom. The van der Waals surface area contributed by atoms with Crippen molar-refractivity contribution in [3.05, 3.63) is 24.3 Å². The number of aliphatic hydroxyl groups is 1. The van der Waals surface area contributed by atoms with Crippen molar-refractivity contribution in [3.8, 4) is 0 Å². The minimum absolute atomic E-state index is 0.0194. The molecular weight excluding hydrogens is 322 g/mol. The summed E-state index contributed by atoms with van der Waals surface area (Å²) in [5.41, 5.74) is 0. The van der Waals surface area contributed by atoms with Gasteiger partial charge in [-0.1, -0.05) is 77.2 Å². The monoisotopic (exact) mass is 365 g/mol. The maximum absolute atomic E-state index is 11.8. The molecule has 0 bridgehead atoms. The van der Waals surface area contributed by atoms with Crippen LogP contribution in [0.1, 0.15) is 97.8 Å². The second-order valence-electron chi connectivity index (χ2n) is 7.58. The minimum atomic E-state index is -0.111. The number of unbranched alkanes of at least 4 members (excludes halogenated alkanes) is 8. The first-order valence-corrected chi connectivity index (χ1v) is 10.8. The van der Waals surface area contributed by atoms with Crippen LogP contribution in [0.3, 0.4) is 0 Å². The molecule has 0 aliphatic heterocycles. The molecule has 0 aromatic rings. The Labute approximate surface area is 162 Å². The fraction of sp³-hybridized carbons (Fsp3) is 0.783. The summed E-state index contributed by atoms with van der Waals surface area (Å²) < 4.78 is 0. The predicted octanol–water partition coefficient (Wildman–Crippen LogP) is 5.93. The van der Waals surface area contributed by atoms with E-state index in [4.69, 9.17) is 0 Å². The third-order valence-corrected chi connectivity index (χ3v) is 4.70. The summed E-state index contributed by atoms with van der Waals surface area (Å²) in [7, 11) is 0. The molecular formula is C23H43NO2. The van der Waals surface area contributed by atoms with Crippen LogP contribution in [0.4, 0.5) is 0 Å². The van der Waals surface area contributed by atoms with Crippen molar-refractivity contribution >= 4 is 5.91 Å². The van der Waals surface area contributed by atoms with E-state index in [-0.39, 0.29) is 24.5 Å². The molecule has 1 unspecified atom stereocenters. The van der Waals surface area contributed by atoms with E-state index in [9.17, 15) is 9.90 Å². The normalized spacial score (nSPS) is 13.1. The van der Waals surface area contributed by atoms with E-state index >= 15 is 0 Å². The van der Waals surface area contributed by atoms with Gasteiger partial charge in [0.1, 0.15) is 0 Å². The van der Waals surface area contributed by atoms with Crippen LogP contribution in [0.5, 0.6) is 0 Å². The lowest BCUT2D eigenvalue weighted by atomic mass is 10.0. The summed E-state index contributed by atoms with van der Waals surface area (Å²) in [6, 6.07) is -0.111. The summed E-state index contributed by atoms with van der Waals surface area (Å²) in [4.78, 5) is 11.8. The fourth-order valence-electron chi connectivity index (χ4n) is 2.80. The Morgan fingerprint density at radius 2 is 1.46 bits per heavy atom. The molecule has 152 valence electrons. The quantitative estimate of drug-likeness (QED) is 0.248. The number of allylic oxidation sites excluding steroid dienone is 4. The molecule has 0 radical (unpaired) electrons. The van der Waals surface area contributed by atoms with E-state index in [1.54, 1.807) is 0 Å². The summed E-state index contributed by atoms with van der Waals surface area (Å²) in [6.07, 6.45) is 22.9. The third kappa shape index (κ3) is 16.4.